The van der Waals surface area contributed by atoms with Crippen LogP contribution in [0.15, 0.2) is 66.9 Å². The van der Waals surface area contributed by atoms with E-state index in [1.54, 1.807) is 43.2 Å². The summed E-state index contributed by atoms with van der Waals surface area (Å²) in [5, 5.41) is 17.1. The molecule has 0 aliphatic heterocycles. The van der Waals surface area contributed by atoms with Crippen LogP contribution in [0.1, 0.15) is 0 Å². The van der Waals surface area contributed by atoms with E-state index in [9.17, 15) is 4.79 Å². The van der Waals surface area contributed by atoms with Crippen LogP contribution < -0.4 is 15.4 Å². The molecule has 9 nitrogen and oxygen atoms in total. The van der Waals surface area contributed by atoms with Gasteiger partial charge in [0.05, 0.1) is 18.5 Å². The summed E-state index contributed by atoms with van der Waals surface area (Å²) in [5.41, 5.74) is 3.69. The highest BCUT2D eigenvalue weighted by Gasteiger charge is 2.11. The van der Waals surface area contributed by atoms with Crippen molar-refractivity contribution in [2.24, 2.45) is 7.05 Å². The summed E-state index contributed by atoms with van der Waals surface area (Å²) in [6, 6.07) is 18.0. The molecule has 2 amide bonds. The Labute approximate surface area is 172 Å². The average Bonchev–Trinajstić information content (AvgIpc) is 3.20. The number of benzene rings is 2. The maximum atomic E-state index is 12.5. The van der Waals surface area contributed by atoms with Crippen molar-refractivity contribution in [3.8, 4) is 28.4 Å². The van der Waals surface area contributed by atoms with E-state index in [0.29, 0.717) is 22.9 Å². The molecule has 150 valence electrons. The highest BCUT2D eigenvalue weighted by Crippen LogP contribution is 2.30. The number of nitrogens with one attached hydrogen (secondary N) is 2. The topological polar surface area (TPSA) is 107 Å². The number of nitrogens with zero attached hydrogens (tertiary/aromatic N) is 5. The van der Waals surface area contributed by atoms with Gasteiger partial charge in [-0.15, -0.1) is 5.10 Å². The molecule has 4 rings (SSSR count). The Morgan fingerprint density at radius 2 is 1.80 bits per heavy atom. The highest BCUT2D eigenvalue weighted by molar-refractivity contribution is 6.01. The zero-order valence-electron chi connectivity index (χ0n) is 16.4. The van der Waals surface area contributed by atoms with Crippen LogP contribution in [0, 0.1) is 0 Å². The predicted octanol–water partition coefficient (Wildman–Crippen LogP) is 3.59. The fraction of sp³-hybridized carbons (Fsp3) is 0.0952. The number of methoxy groups -OCH3 is 1. The minimum atomic E-state index is -0.389. The lowest BCUT2D eigenvalue weighted by Crippen LogP contribution is -2.19. The number of carbonyl (C=O) groups is 1. The third kappa shape index (κ3) is 4.09. The van der Waals surface area contributed by atoms with E-state index in [1.807, 2.05) is 42.5 Å². The molecule has 0 atom stereocenters. The molecule has 2 aromatic heterocycles. The van der Waals surface area contributed by atoms with E-state index in [4.69, 9.17) is 4.74 Å². The van der Waals surface area contributed by atoms with Crippen molar-refractivity contribution in [2.75, 3.05) is 17.7 Å². The molecule has 0 bridgehead atoms. The maximum Gasteiger partial charge on any atom is 0.323 e. The van der Waals surface area contributed by atoms with E-state index in [1.165, 1.54) is 0 Å². The molecule has 0 aliphatic carbocycles. The predicted molar refractivity (Wildman–Crippen MR) is 113 cm³/mol. The van der Waals surface area contributed by atoms with Gasteiger partial charge in [-0.1, -0.05) is 6.07 Å². The van der Waals surface area contributed by atoms with Gasteiger partial charge in [0.1, 0.15) is 5.75 Å². The molecule has 0 fully saturated rings. The first-order chi connectivity index (χ1) is 14.6. The van der Waals surface area contributed by atoms with Crippen LogP contribution in [0.3, 0.4) is 0 Å². The summed E-state index contributed by atoms with van der Waals surface area (Å²) in [7, 11) is 3.32. The lowest BCUT2D eigenvalue weighted by atomic mass is 10.1. The number of amides is 2. The summed E-state index contributed by atoms with van der Waals surface area (Å²) in [4.78, 5) is 16.9. The van der Waals surface area contributed by atoms with Gasteiger partial charge >= 0.3 is 6.03 Å². The molecule has 0 radical (unpaired) electrons. The number of anilines is 2. The molecular weight excluding hydrogens is 382 g/mol. The second kappa shape index (κ2) is 8.39. The Morgan fingerprint density at radius 3 is 2.47 bits per heavy atom. The number of tetrazole rings is 1. The zero-order valence-corrected chi connectivity index (χ0v) is 16.4. The number of aromatic nitrogens is 5. The second-order valence-corrected chi connectivity index (χ2v) is 6.41. The van der Waals surface area contributed by atoms with Gasteiger partial charge in [0.2, 0.25) is 0 Å². The molecule has 0 saturated heterocycles. The first-order valence-electron chi connectivity index (χ1n) is 9.14. The standard InChI is InChI=1S/C21H19N7O2/c1-28-20(25-26-27-28)14-6-9-16(10-7-14)23-21(29)24-18-13-15(8-11-19(18)30-2)17-5-3-4-12-22-17/h3-13H,1-2H3,(H2,23,24,29). The van der Waals surface area contributed by atoms with Crippen molar-refractivity contribution in [3.05, 3.63) is 66.9 Å². The lowest BCUT2D eigenvalue weighted by molar-refractivity contribution is 0.262. The van der Waals surface area contributed by atoms with E-state index in [0.717, 1.165) is 16.8 Å². The van der Waals surface area contributed by atoms with Crippen molar-refractivity contribution < 1.29 is 9.53 Å². The monoisotopic (exact) mass is 401 g/mol. The number of ether oxygens (including phenoxy) is 1. The van der Waals surface area contributed by atoms with Crippen LogP contribution in [0.5, 0.6) is 5.75 Å². The molecular formula is C21H19N7O2. The summed E-state index contributed by atoms with van der Waals surface area (Å²) >= 11 is 0. The van der Waals surface area contributed by atoms with E-state index >= 15 is 0 Å². The molecule has 0 unspecified atom stereocenters. The average molecular weight is 401 g/mol. The largest absolute Gasteiger partial charge is 0.495 e. The van der Waals surface area contributed by atoms with Crippen molar-refractivity contribution >= 4 is 17.4 Å². The molecule has 0 spiro atoms. The third-order valence-electron chi connectivity index (χ3n) is 4.43. The van der Waals surface area contributed by atoms with Gasteiger partial charge in [0, 0.05) is 30.1 Å². The third-order valence-corrected chi connectivity index (χ3v) is 4.43. The Kier molecular flexibility index (Phi) is 5.33. The van der Waals surface area contributed by atoms with Crippen molar-refractivity contribution in [1.82, 2.24) is 25.2 Å². The van der Waals surface area contributed by atoms with Crippen LogP contribution in [0.2, 0.25) is 0 Å². The van der Waals surface area contributed by atoms with Gasteiger partial charge in [-0.25, -0.2) is 9.48 Å². The van der Waals surface area contributed by atoms with Crippen molar-refractivity contribution in [2.45, 2.75) is 0 Å². The van der Waals surface area contributed by atoms with Crippen LogP contribution in [-0.2, 0) is 7.05 Å². The van der Waals surface area contributed by atoms with Crippen molar-refractivity contribution in [3.63, 3.8) is 0 Å². The smallest absolute Gasteiger partial charge is 0.323 e. The maximum absolute atomic E-state index is 12.5. The molecule has 9 heteroatoms. The second-order valence-electron chi connectivity index (χ2n) is 6.41. The molecule has 0 aliphatic rings. The number of pyridine rings is 1. The normalized spacial score (nSPS) is 10.5. The molecule has 2 heterocycles. The minimum absolute atomic E-state index is 0.389. The summed E-state index contributed by atoms with van der Waals surface area (Å²) in [6.45, 7) is 0. The number of hydrogen-bond donors (Lipinski definition) is 2. The summed E-state index contributed by atoms with van der Waals surface area (Å²) in [5.74, 6) is 1.19. The van der Waals surface area contributed by atoms with Gasteiger partial charge < -0.3 is 15.4 Å². The van der Waals surface area contributed by atoms with Gasteiger partial charge in [-0.3, -0.25) is 4.98 Å². The molecule has 30 heavy (non-hydrogen) atoms. The summed E-state index contributed by atoms with van der Waals surface area (Å²) in [6.07, 6.45) is 1.72. The molecule has 2 aromatic carbocycles. The molecule has 4 aromatic rings. The SMILES string of the molecule is COc1ccc(-c2ccccn2)cc1NC(=O)Nc1ccc(-c2nnnn2C)cc1. The zero-order chi connectivity index (χ0) is 20.9. The Balaban J connectivity index is 1.49. The number of carbonyl (C=O) groups excluding carboxylic acids is 1. The number of urea groups is 1. The Morgan fingerprint density at radius 1 is 1.00 bits per heavy atom. The molecule has 2 N–H and O–H groups in total. The fourth-order valence-corrected chi connectivity index (χ4v) is 2.96. The van der Waals surface area contributed by atoms with Crippen LogP contribution >= 0.6 is 0 Å². The van der Waals surface area contributed by atoms with Crippen LogP contribution in [-0.4, -0.2) is 38.3 Å². The summed E-state index contributed by atoms with van der Waals surface area (Å²) < 4.78 is 6.95. The van der Waals surface area contributed by atoms with Crippen molar-refractivity contribution in [1.29, 1.82) is 0 Å². The minimum Gasteiger partial charge on any atom is -0.495 e. The first kappa shape index (κ1) is 19.1. The Bertz CT molecular complexity index is 1160. The number of rotatable bonds is 5. The lowest BCUT2D eigenvalue weighted by Gasteiger charge is -2.13. The number of hydrogen-bond acceptors (Lipinski definition) is 6. The fourth-order valence-electron chi connectivity index (χ4n) is 2.96. The molecule has 0 saturated carbocycles. The first-order valence-corrected chi connectivity index (χ1v) is 9.14. The van der Waals surface area contributed by atoms with E-state index < -0.39 is 0 Å². The van der Waals surface area contributed by atoms with Gasteiger partial charge in [0.15, 0.2) is 5.82 Å². The highest BCUT2D eigenvalue weighted by atomic mass is 16.5. The van der Waals surface area contributed by atoms with E-state index in [2.05, 4.69) is 31.1 Å². The number of aryl methyl sites for hydroxylation is 1. The van der Waals surface area contributed by atoms with Crippen LogP contribution in [0.4, 0.5) is 16.2 Å². The quantitative estimate of drug-likeness (QED) is 0.529. The van der Waals surface area contributed by atoms with Gasteiger partial charge in [-0.05, 0) is 65.0 Å². The van der Waals surface area contributed by atoms with E-state index in [-0.39, 0.29) is 6.03 Å². The van der Waals surface area contributed by atoms with Gasteiger partial charge in [0.25, 0.3) is 0 Å². The van der Waals surface area contributed by atoms with Gasteiger partial charge in [-0.2, -0.15) is 0 Å². The van der Waals surface area contributed by atoms with Crippen LogP contribution in [0.25, 0.3) is 22.6 Å². The Hall–Kier alpha value is -4.27.